The van der Waals surface area contributed by atoms with E-state index in [0.29, 0.717) is 6.04 Å². The van der Waals surface area contributed by atoms with E-state index in [0.717, 1.165) is 30.5 Å². The maximum Gasteiger partial charge on any atom is 0.133 e. The lowest BCUT2D eigenvalue weighted by molar-refractivity contribution is 0.312. The Hall–Kier alpha value is -0.870. The van der Waals surface area contributed by atoms with Crippen molar-refractivity contribution in [2.75, 3.05) is 6.54 Å². The van der Waals surface area contributed by atoms with Crippen molar-refractivity contribution in [2.24, 2.45) is 11.7 Å². The summed E-state index contributed by atoms with van der Waals surface area (Å²) >= 11 is 0. The average Bonchev–Trinajstić information content (AvgIpc) is 2.67. The van der Waals surface area contributed by atoms with Gasteiger partial charge in [-0.15, -0.1) is 0 Å². The minimum absolute atomic E-state index is 0.439. The van der Waals surface area contributed by atoms with Gasteiger partial charge in [0, 0.05) is 18.7 Å². The van der Waals surface area contributed by atoms with Crippen LogP contribution in [0.3, 0.4) is 0 Å². The molecule has 3 N–H and O–H groups in total. The van der Waals surface area contributed by atoms with Crippen LogP contribution >= 0.6 is 0 Å². The van der Waals surface area contributed by atoms with Gasteiger partial charge in [-0.1, -0.05) is 5.16 Å². The smallest absolute Gasteiger partial charge is 0.133 e. The molecule has 1 aromatic heterocycles. The zero-order valence-corrected chi connectivity index (χ0v) is 9.91. The van der Waals surface area contributed by atoms with E-state index < -0.39 is 0 Å². The molecular weight excluding hydrogens is 202 g/mol. The molecule has 1 saturated carbocycles. The van der Waals surface area contributed by atoms with E-state index in [2.05, 4.69) is 10.5 Å². The molecule has 16 heavy (non-hydrogen) atoms. The van der Waals surface area contributed by atoms with Gasteiger partial charge in [-0.2, -0.15) is 0 Å². The van der Waals surface area contributed by atoms with Gasteiger partial charge < -0.3 is 15.6 Å². The van der Waals surface area contributed by atoms with Crippen LogP contribution in [-0.2, 0) is 6.54 Å². The Kier molecular flexibility index (Phi) is 3.96. The molecule has 90 valence electrons. The van der Waals surface area contributed by atoms with Crippen molar-refractivity contribution in [3.05, 3.63) is 17.5 Å². The number of rotatable bonds is 4. The van der Waals surface area contributed by atoms with Crippen molar-refractivity contribution < 1.29 is 4.52 Å². The SMILES string of the molecule is Cc1cc(CNCC2CCC(N)CC2)no1. The quantitative estimate of drug-likeness (QED) is 0.813. The summed E-state index contributed by atoms with van der Waals surface area (Å²) in [6, 6.07) is 2.42. The molecule has 0 saturated heterocycles. The van der Waals surface area contributed by atoms with Crippen molar-refractivity contribution in [2.45, 2.75) is 45.2 Å². The molecule has 0 spiro atoms. The first-order valence-corrected chi connectivity index (χ1v) is 6.12. The maximum atomic E-state index is 5.88. The largest absolute Gasteiger partial charge is 0.361 e. The summed E-state index contributed by atoms with van der Waals surface area (Å²) in [5.74, 6) is 1.66. The molecule has 0 aromatic carbocycles. The van der Waals surface area contributed by atoms with Crippen LogP contribution in [0.25, 0.3) is 0 Å². The fourth-order valence-electron chi connectivity index (χ4n) is 2.30. The van der Waals surface area contributed by atoms with Gasteiger partial charge >= 0.3 is 0 Å². The van der Waals surface area contributed by atoms with E-state index >= 15 is 0 Å². The molecule has 1 aromatic rings. The molecule has 4 heteroatoms. The molecule has 0 radical (unpaired) electrons. The van der Waals surface area contributed by atoms with Crippen LogP contribution in [0.4, 0.5) is 0 Å². The van der Waals surface area contributed by atoms with E-state index in [4.69, 9.17) is 10.3 Å². The molecule has 0 atom stereocenters. The van der Waals surface area contributed by atoms with Crippen molar-refractivity contribution in [3.8, 4) is 0 Å². The molecular formula is C12H21N3O. The Balaban J connectivity index is 1.64. The third-order valence-electron chi connectivity index (χ3n) is 3.31. The van der Waals surface area contributed by atoms with Gasteiger partial charge in [0.05, 0.1) is 5.69 Å². The molecule has 1 aliphatic carbocycles. The number of hydrogen-bond donors (Lipinski definition) is 2. The Bertz CT molecular complexity index is 316. The Morgan fingerprint density at radius 2 is 2.19 bits per heavy atom. The molecule has 1 aliphatic rings. The van der Waals surface area contributed by atoms with Crippen LogP contribution in [0.5, 0.6) is 0 Å². The summed E-state index contributed by atoms with van der Waals surface area (Å²) in [5.41, 5.74) is 6.87. The van der Waals surface area contributed by atoms with Gasteiger partial charge in [0.25, 0.3) is 0 Å². The first-order chi connectivity index (χ1) is 7.74. The average molecular weight is 223 g/mol. The summed E-state index contributed by atoms with van der Waals surface area (Å²) in [5, 5.41) is 7.39. The van der Waals surface area contributed by atoms with Crippen LogP contribution in [0, 0.1) is 12.8 Å². The highest BCUT2D eigenvalue weighted by atomic mass is 16.5. The fraction of sp³-hybridized carbons (Fsp3) is 0.750. The second-order valence-electron chi connectivity index (χ2n) is 4.84. The fourth-order valence-corrected chi connectivity index (χ4v) is 2.30. The molecule has 0 amide bonds. The Morgan fingerprint density at radius 1 is 1.44 bits per heavy atom. The first-order valence-electron chi connectivity index (χ1n) is 6.12. The van der Waals surface area contributed by atoms with Crippen LogP contribution in [0.2, 0.25) is 0 Å². The number of nitrogens with zero attached hydrogens (tertiary/aromatic N) is 1. The summed E-state index contributed by atoms with van der Waals surface area (Å²) in [4.78, 5) is 0. The van der Waals surface area contributed by atoms with E-state index in [9.17, 15) is 0 Å². The Labute approximate surface area is 96.6 Å². The number of hydrogen-bond acceptors (Lipinski definition) is 4. The second-order valence-corrected chi connectivity index (χ2v) is 4.84. The van der Waals surface area contributed by atoms with E-state index in [1.54, 1.807) is 0 Å². The lowest BCUT2D eigenvalue weighted by Gasteiger charge is -2.26. The molecule has 0 aliphatic heterocycles. The zero-order valence-electron chi connectivity index (χ0n) is 9.91. The predicted octanol–water partition coefficient (Wildman–Crippen LogP) is 1.59. The molecule has 0 unspecified atom stereocenters. The summed E-state index contributed by atoms with van der Waals surface area (Å²) in [7, 11) is 0. The Morgan fingerprint density at radius 3 is 2.81 bits per heavy atom. The van der Waals surface area contributed by atoms with Crippen molar-refractivity contribution >= 4 is 0 Å². The predicted molar refractivity (Wildman–Crippen MR) is 62.9 cm³/mol. The second kappa shape index (κ2) is 5.46. The van der Waals surface area contributed by atoms with Crippen molar-refractivity contribution in [1.29, 1.82) is 0 Å². The first kappa shape index (κ1) is 11.6. The van der Waals surface area contributed by atoms with Crippen molar-refractivity contribution in [3.63, 3.8) is 0 Å². The lowest BCUT2D eigenvalue weighted by atomic mass is 9.86. The van der Waals surface area contributed by atoms with Gasteiger partial charge in [0.1, 0.15) is 5.76 Å². The lowest BCUT2D eigenvalue weighted by Crippen LogP contribution is -2.31. The molecule has 4 nitrogen and oxygen atoms in total. The topological polar surface area (TPSA) is 64.1 Å². The maximum absolute atomic E-state index is 5.88. The number of nitrogens with one attached hydrogen (secondary N) is 1. The molecule has 1 fully saturated rings. The van der Waals surface area contributed by atoms with Gasteiger partial charge in [0.15, 0.2) is 0 Å². The molecule has 1 heterocycles. The summed E-state index contributed by atoms with van der Waals surface area (Å²) < 4.78 is 5.01. The number of aryl methyl sites for hydroxylation is 1. The number of nitrogens with two attached hydrogens (primary N) is 1. The van der Waals surface area contributed by atoms with Crippen LogP contribution in [0.15, 0.2) is 10.6 Å². The van der Waals surface area contributed by atoms with Gasteiger partial charge in [0.2, 0.25) is 0 Å². The van der Waals surface area contributed by atoms with Crippen molar-refractivity contribution in [1.82, 2.24) is 10.5 Å². The highest BCUT2D eigenvalue weighted by Crippen LogP contribution is 2.22. The zero-order chi connectivity index (χ0) is 11.4. The summed E-state index contributed by atoms with van der Waals surface area (Å²) in [6.45, 7) is 3.79. The highest BCUT2D eigenvalue weighted by Gasteiger charge is 2.17. The van der Waals surface area contributed by atoms with Crippen LogP contribution in [0.1, 0.15) is 37.1 Å². The van der Waals surface area contributed by atoms with E-state index in [-0.39, 0.29) is 0 Å². The van der Waals surface area contributed by atoms with Crippen LogP contribution < -0.4 is 11.1 Å². The standard InChI is InChI=1S/C12H21N3O/c1-9-6-12(15-16-9)8-14-7-10-2-4-11(13)5-3-10/h6,10-11,14H,2-5,7-8,13H2,1H3. The third kappa shape index (κ3) is 3.32. The minimum Gasteiger partial charge on any atom is -0.361 e. The van der Waals surface area contributed by atoms with Gasteiger partial charge in [-0.3, -0.25) is 0 Å². The van der Waals surface area contributed by atoms with E-state index in [1.165, 1.54) is 25.7 Å². The van der Waals surface area contributed by atoms with Gasteiger partial charge in [-0.05, 0) is 45.1 Å². The highest BCUT2D eigenvalue weighted by molar-refractivity contribution is 5.02. The summed E-state index contributed by atoms with van der Waals surface area (Å²) in [6.07, 6.45) is 4.86. The third-order valence-corrected chi connectivity index (χ3v) is 3.31. The minimum atomic E-state index is 0.439. The van der Waals surface area contributed by atoms with E-state index in [1.807, 2.05) is 13.0 Å². The van der Waals surface area contributed by atoms with Gasteiger partial charge in [-0.25, -0.2) is 0 Å². The normalized spacial score (nSPS) is 25.9. The molecule has 2 rings (SSSR count). The number of aromatic nitrogens is 1. The monoisotopic (exact) mass is 223 g/mol. The van der Waals surface area contributed by atoms with Crippen LogP contribution in [-0.4, -0.2) is 17.7 Å². The molecule has 0 bridgehead atoms.